The summed E-state index contributed by atoms with van der Waals surface area (Å²) in [4.78, 5) is 0. The molecule has 0 bridgehead atoms. The lowest BCUT2D eigenvalue weighted by atomic mass is 10.0. The van der Waals surface area contributed by atoms with E-state index in [0.717, 1.165) is 12.8 Å². The molecule has 0 amide bonds. The van der Waals surface area contributed by atoms with Gasteiger partial charge in [-0.25, -0.2) is 0 Å². The van der Waals surface area contributed by atoms with Gasteiger partial charge in [0.2, 0.25) is 0 Å². The van der Waals surface area contributed by atoms with Crippen LogP contribution in [-0.2, 0) is 0 Å². The van der Waals surface area contributed by atoms with Gasteiger partial charge in [0.05, 0.1) is 0 Å². The third kappa shape index (κ3) is 32.0. The number of aliphatic hydroxyl groups excluding tert-OH is 1. The van der Waals surface area contributed by atoms with E-state index in [9.17, 15) is 0 Å². The summed E-state index contributed by atoms with van der Waals surface area (Å²) < 4.78 is 0. The molecule has 0 saturated heterocycles. The van der Waals surface area contributed by atoms with Crippen molar-refractivity contribution >= 4 is 0 Å². The highest BCUT2D eigenvalue weighted by atomic mass is 16.2. The Morgan fingerprint density at radius 3 is 0.545 bits per heavy atom. The summed E-state index contributed by atoms with van der Waals surface area (Å²) in [7, 11) is 0. The molecule has 0 rings (SSSR count). The number of hydrogen-bond donors (Lipinski definition) is 1. The van der Waals surface area contributed by atoms with Crippen LogP contribution in [0.1, 0.15) is 193 Å². The molecule has 0 aliphatic carbocycles. The van der Waals surface area contributed by atoms with E-state index >= 15 is 0 Å². The van der Waals surface area contributed by atoms with Gasteiger partial charge in [-0.3, -0.25) is 0 Å². The van der Waals surface area contributed by atoms with Crippen LogP contribution >= 0.6 is 0 Å². The first-order valence-corrected chi connectivity index (χ1v) is 15.8. The van der Waals surface area contributed by atoms with Crippen molar-refractivity contribution in [1.82, 2.24) is 0 Å². The van der Waals surface area contributed by atoms with Gasteiger partial charge in [0, 0.05) is 6.61 Å². The van der Waals surface area contributed by atoms with Crippen molar-refractivity contribution in [3.8, 4) is 0 Å². The van der Waals surface area contributed by atoms with E-state index in [0.29, 0.717) is 6.61 Å². The van der Waals surface area contributed by atoms with Crippen molar-refractivity contribution < 1.29 is 5.11 Å². The average Bonchev–Trinajstić information content (AvgIpc) is 2.83. The maximum absolute atomic E-state index is 8.77. The van der Waals surface area contributed by atoms with Crippen molar-refractivity contribution in [1.29, 1.82) is 0 Å². The molecule has 0 spiro atoms. The molecule has 0 aromatic rings. The quantitative estimate of drug-likeness (QED) is 0.105. The summed E-state index contributed by atoms with van der Waals surface area (Å²) in [5, 5.41) is 8.77. The minimum atomic E-state index is 0.374. The zero-order chi connectivity index (χ0) is 23.9. The monoisotopic (exact) mass is 466 g/mol. The summed E-state index contributed by atoms with van der Waals surface area (Å²) in [6.45, 7) is 4.29. The minimum Gasteiger partial charge on any atom is -0.396 e. The van der Waals surface area contributed by atoms with E-state index in [1.807, 2.05) is 0 Å². The maximum atomic E-state index is 8.77. The predicted octanol–water partition coefficient (Wildman–Crippen LogP) is 11.5. The fourth-order valence-electron chi connectivity index (χ4n) is 5.06. The summed E-state index contributed by atoms with van der Waals surface area (Å²) in [6, 6.07) is 0. The second-order valence-electron chi connectivity index (χ2n) is 10.8. The summed E-state index contributed by atoms with van der Waals surface area (Å²) >= 11 is 0. The van der Waals surface area contributed by atoms with E-state index in [-0.39, 0.29) is 0 Å². The molecule has 0 saturated carbocycles. The highest BCUT2D eigenvalue weighted by Gasteiger charge is 1.96. The Kier molecular flexibility index (Phi) is 31.9. The standard InChI is InChI=1S/C32H65O/c1-2-3-4-5-6-7-8-9-10-11-12-13-14-15-16-17-18-19-20-21-22-23-24-25-26-27-28-29-30-31-32-33/h33H,1-32H2. The van der Waals surface area contributed by atoms with E-state index in [4.69, 9.17) is 5.11 Å². The molecule has 199 valence electrons. The molecule has 0 atom stereocenters. The van der Waals surface area contributed by atoms with Crippen LogP contribution in [0.4, 0.5) is 0 Å². The molecular formula is C32H65O. The normalized spacial score (nSPS) is 11.5. The molecule has 0 aromatic carbocycles. The first kappa shape index (κ1) is 33.0. The van der Waals surface area contributed by atoms with Crippen LogP contribution in [0.15, 0.2) is 0 Å². The van der Waals surface area contributed by atoms with E-state index in [1.165, 1.54) is 180 Å². The average molecular weight is 466 g/mol. The van der Waals surface area contributed by atoms with Gasteiger partial charge in [-0.15, -0.1) is 0 Å². The van der Waals surface area contributed by atoms with Gasteiger partial charge in [0.25, 0.3) is 0 Å². The Balaban J connectivity index is 2.99. The zero-order valence-corrected chi connectivity index (χ0v) is 23.1. The lowest BCUT2D eigenvalue weighted by Gasteiger charge is -2.04. The molecule has 0 aliphatic heterocycles. The lowest BCUT2D eigenvalue weighted by Crippen LogP contribution is -1.85. The Bertz CT molecular complexity index is 284. The summed E-state index contributed by atoms with van der Waals surface area (Å²) in [6.07, 6.45) is 42.4. The number of hydrogen-bond acceptors (Lipinski definition) is 1. The van der Waals surface area contributed by atoms with Crippen molar-refractivity contribution in [3.05, 3.63) is 6.92 Å². The van der Waals surface area contributed by atoms with Gasteiger partial charge in [-0.1, -0.05) is 193 Å². The van der Waals surface area contributed by atoms with Crippen LogP contribution in [0.3, 0.4) is 0 Å². The Morgan fingerprint density at radius 2 is 0.394 bits per heavy atom. The van der Waals surface area contributed by atoms with Crippen molar-refractivity contribution in [2.24, 2.45) is 0 Å². The number of unbranched alkanes of at least 4 members (excludes halogenated alkanes) is 29. The van der Waals surface area contributed by atoms with Crippen LogP contribution in [0.2, 0.25) is 0 Å². The molecule has 1 nitrogen and oxygen atoms in total. The van der Waals surface area contributed by atoms with Crippen LogP contribution in [-0.4, -0.2) is 11.7 Å². The van der Waals surface area contributed by atoms with Gasteiger partial charge in [-0.2, -0.15) is 0 Å². The molecule has 1 radical (unpaired) electrons. The SMILES string of the molecule is [CH2]CCCCCCCCCCCCCCCCCCCCCCCCCCCCCCCO. The van der Waals surface area contributed by atoms with Gasteiger partial charge >= 0.3 is 0 Å². The zero-order valence-electron chi connectivity index (χ0n) is 23.1. The topological polar surface area (TPSA) is 20.2 Å². The van der Waals surface area contributed by atoms with E-state index in [1.54, 1.807) is 0 Å². The Labute approximate surface area is 211 Å². The minimum absolute atomic E-state index is 0.374. The van der Waals surface area contributed by atoms with Gasteiger partial charge in [0.15, 0.2) is 0 Å². The fraction of sp³-hybridized carbons (Fsp3) is 0.969. The molecule has 0 fully saturated rings. The summed E-state index contributed by atoms with van der Waals surface area (Å²) in [5.74, 6) is 0. The molecule has 0 heterocycles. The predicted molar refractivity (Wildman–Crippen MR) is 151 cm³/mol. The van der Waals surface area contributed by atoms with Crippen molar-refractivity contribution in [2.45, 2.75) is 193 Å². The largest absolute Gasteiger partial charge is 0.396 e. The van der Waals surface area contributed by atoms with Gasteiger partial charge in [-0.05, 0) is 6.42 Å². The second-order valence-corrected chi connectivity index (χ2v) is 10.8. The number of aliphatic hydroxyl groups is 1. The molecule has 1 N–H and O–H groups in total. The second kappa shape index (κ2) is 32.0. The van der Waals surface area contributed by atoms with Crippen LogP contribution in [0.5, 0.6) is 0 Å². The molecule has 0 aromatic heterocycles. The van der Waals surface area contributed by atoms with Gasteiger partial charge < -0.3 is 5.11 Å². The lowest BCUT2D eigenvalue weighted by molar-refractivity contribution is 0.282. The molecule has 33 heavy (non-hydrogen) atoms. The fourth-order valence-corrected chi connectivity index (χ4v) is 5.06. The van der Waals surface area contributed by atoms with Gasteiger partial charge in [0.1, 0.15) is 0 Å². The molecule has 0 aliphatic rings. The van der Waals surface area contributed by atoms with E-state index in [2.05, 4.69) is 6.92 Å². The molecule has 1 heteroatoms. The third-order valence-electron chi connectivity index (χ3n) is 7.41. The molecular weight excluding hydrogens is 400 g/mol. The summed E-state index contributed by atoms with van der Waals surface area (Å²) in [5.41, 5.74) is 0. The molecule has 0 unspecified atom stereocenters. The van der Waals surface area contributed by atoms with Crippen molar-refractivity contribution in [3.63, 3.8) is 0 Å². The maximum Gasteiger partial charge on any atom is 0.0431 e. The van der Waals surface area contributed by atoms with Crippen molar-refractivity contribution in [2.75, 3.05) is 6.61 Å². The number of rotatable bonds is 30. The highest BCUT2D eigenvalue weighted by Crippen LogP contribution is 2.16. The third-order valence-corrected chi connectivity index (χ3v) is 7.41. The van der Waals surface area contributed by atoms with E-state index < -0.39 is 0 Å². The smallest absolute Gasteiger partial charge is 0.0431 e. The first-order valence-electron chi connectivity index (χ1n) is 15.8. The first-order chi connectivity index (χ1) is 16.4. The van der Waals surface area contributed by atoms with Crippen LogP contribution < -0.4 is 0 Å². The Morgan fingerprint density at radius 1 is 0.242 bits per heavy atom. The van der Waals surface area contributed by atoms with Crippen LogP contribution in [0, 0.1) is 6.92 Å². The highest BCUT2D eigenvalue weighted by molar-refractivity contribution is 4.52. The van der Waals surface area contributed by atoms with Crippen LogP contribution in [0.25, 0.3) is 0 Å². The Hall–Kier alpha value is -0.0400.